The number of likely N-dealkylation sites (tertiary alicyclic amines) is 1. The van der Waals surface area contributed by atoms with Gasteiger partial charge in [0.15, 0.2) is 0 Å². The zero-order chi connectivity index (χ0) is 12.3. The first-order valence-corrected chi connectivity index (χ1v) is 7.22. The van der Waals surface area contributed by atoms with Crippen LogP contribution >= 0.6 is 0 Å². The minimum atomic E-state index is 0.0641. The van der Waals surface area contributed by atoms with E-state index < -0.39 is 0 Å². The van der Waals surface area contributed by atoms with Crippen LogP contribution in [0.3, 0.4) is 0 Å². The Morgan fingerprint density at radius 3 is 2.59 bits per heavy atom. The number of fused-ring (bicyclic) bond motifs is 2. The summed E-state index contributed by atoms with van der Waals surface area (Å²) in [4.78, 5) is 14.3. The molecule has 2 N–H and O–H groups in total. The number of rotatable bonds is 4. The second-order valence-corrected chi connectivity index (χ2v) is 5.95. The summed E-state index contributed by atoms with van der Waals surface area (Å²) in [7, 11) is 0. The lowest BCUT2D eigenvalue weighted by atomic mass is 9.78. The zero-order valence-electron chi connectivity index (χ0n) is 11.0. The number of hydrogen-bond acceptors (Lipinski definition) is 2. The van der Waals surface area contributed by atoms with Crippen LogP contribution < -0.4 is 5.73 Å². The molecule has 0 aromatic rings. The Balaban J connectivity index is 1.83. The average Bonchev–Trinajstić information content (AvgIpc) is 2.28. The fourth-order valence-corrected chi connectivity index (χ4v) is 3.46. The third kappa shape index (κ3) is 3.44. The van der Waals surface area contributed by atoms with Crippen molar-refractivity contribution in [2.24, 2.45) is 17.6 Å². The van der Waals surface area contributed by atoms with Gasteiger partial charge in [-0.3, -0.25) is 4.79 Å². The number of nitrogens with two attached hydrogens (primary N) is 1. The highest BCUT2D eigenvalue weighted by molar-refractivity contribution is 5.77. The van der Waals surface area contributed by atoms with Crippen LogP contribution in [-0.2, 0) is 4.79 Å². The second kappa shape index (κ2) is 5.85. The minimum Gasteiger partial charge on any atom is -0.342 e. The van der Waals surface area contributed by atoms with Gasteiger partial charge in [-0.25, -0.2) is 0 Å². The smallest absolute Gasteiger partial charge is 0.224 e. The summed E-state index contributed by atoms with van der Waals surface area (Å²) in [5, 5.41) is 0. The topological polar surface area (TPSA) is 46.3 Å². The Kier molecular flexibility index (Phi) is 4.43. The van der Waals surface area contributed by atoms with Gasteiger partial charge in [0.2, 0.25) is 5.91 Å². The van der Waals surface area contributed by atoms with E-state index in [9.17, 15) is 4.79 Å². The highest BCUT2D eigenvalue weighted by Gasteiger charge is 2.32. The lowest BCUT2D eigenvalue weighted by molar-refractivity contribution is -0.135. The van der Waals surface area contributed by atoms with Gasteiger partial charge in [-0.15, -0.1) is 0 Å². The number of carbonyl (C=O) groups excluding carboxylic acids is 1. The van der Waals surface area contributed by atoms with Crippen LogP contribution in [0.5, 0.6) is 0 Å². The number of hydrogen-bond donors (Lipinski definition) is 1. The fourth-order valence-electron chi connectivity index (χ4n) is 3.46. The summed E-state index contributed by atoms with van der Waals surface area (Å²) in [6, 6.07) is 0.0641. The summed E-state index contributed by atoms with van der Waals surface area (Å²) in [6.07, 6.45) is 7.94. The third-order valence-electron chi connectivity index (χ3n) is 4.30. The highest BCUT2D eigenvalue weighted by atomic mass is 16.2. The third-order valence-corrected chi connectivity index (χ3v) is 4.30. The maximum atomic E-state index is 12.2. The van der Waals surface area contributed by atoms with Gasteiger partial charge < -0.3 is 10.6 Å². The Labute approximate surface area is 105 Å². The molecule has 17 heavy (non-hydrogen) atoms. The van der Waals surface area contributed by atoms with Crippen molar-refractivity contribution in [3.05, 3.63) is 0 Å². The summed E-state index contributed by atoms with van der Waals surface area (Å²) in [6.45, 7) is 4.11. The molecular weight excluding hydrogens is 212 g/mol. The number of amides is 1. The van der Waals surface area contributed by atoms with E-state index >= 15 is 0 Å². The van der Waals surface area contributed by atoms with E-state index in [2.05, 4.69) is 11.8 Å². The van der Waals surface area contributed by atoms with Crippen LogP contribution in [0.25, 0.3) is 0 Å². The van der Waals surface area contributed by atoms with Gasteiger partial charge in [0.25, 0.3) is 0 Å². The monoisotopic (exact) mass is 238 g/mol. The predicted octanol–water partition coefficient (Wildman–Crippen LogP) is 2.15. The zero-order valence-corrected chi connectivity index (χ0v) is 11.0. The molecule has 3 atom stereocenters. The lowest BCUT2D eigenvalue weighted by Crippen LogP contribution is -2.47. The quantitative estimate of drug-likeness (QED) is 0.815. The van der Waals surface area contributed by atoms with Crippen molar-refractivity contribution >= 4 is 5.91 Å². The predicted molar refractivity (Wildman–Crippen MR) is 69.5 cm³/mol. The molecule has 1 saturated heterocycles. The highest BCUT2D eigenvalue weighted by Crippen LogP contribution is 2.34. The fraction of sp³-hybridized carbons (Fsp3) is 0.929. The Hall–Kier alpha value is -0.570. The molecule has 98 valence electrons. The van der Waals surface area contributed by atoms with Gasteiger partial charge in [0, 0.05) is 25.6 Å². The minimum absolute atomic E-state index is 0.0641. The molecule has 3 nitrogen and oxygen atoms in total. The SMILES string of the molecule is CCCC(N)CC(=O)N1CC2CCCC(C2)C1. The van der Waals surface area contributed by atoms with Crippen molar-refractivity contribution < 1.29 is 4.79 Å². The van der Waals surface area contributed by atoms with Crippen LogP contribution in [0.2, 0.25) is 0 Å². The van der Waals surface area contributed by atoms with E-state index in [-0.39, 0.29) is 6.04 Å². The van der Waals surface area contributed by atoms with E-state index in [4.69, 9.17) is 5.73 Å². The molecule has 0 aromatic heterocycles. The molecule has 1 aliphatic carbocycles. The number of carbonyl (C=O) groups is 1. The normalized spacial score (nSPS) is 30.1. The molecule has 2 bridgehead atoms. The van der Waals surface area contributed by atoms with Gasteiger partial charge in [-0.05, 0) is 37.5 Å². The summed E-state index contributed by atoms with van der Waals surface area (Å²) >= 11 is 0. The molecular formula is C14H26N2O. The molecule has 1 heterocycles. The molecule has 0 radical (unpaired) electrons. The van der Waals surface area contributed by atoms with Crippen molar-refractivity contribution in [1.29, 1.82) is 0 Å². The molecule has 1 saturated carbocycles. The molecule has 0 aromatic carbocycles. The van der Waals surface area contributed by atoms with E-state index in [0.717, 1.165) is 37.8 Å². The molecule has 0 spiro atoms. The second-order valence-electron chi connectivity index (χ2n) is 5.95. The summed E-state index contributed by atoms with van der Waals surface area (Å²) in [5.41, 5.74) is 5.96. The van der Waals surface area contributed by atoms with E-state index in [1.807, 2.05) is 0 Å². The van der Waals surface area contributed by atoms with Crippen molar-refractivity contribution in [1.82, 2.24) is 4.90 Å². The molecule has 3 heteroatoms. The van der Waals surface area contributed by atoms with E-state index in [1.54, 1.807) is 0 Å². The first kappa shape index (κ1) is 12.9. The Morgan fingerprint density at radius 2 is 2.00 bits per heavy atom. The van der Waals surface area contributed by atoms with Gasteiger partial charge in [0.05, 0.1) is 0 Å². The molecule has 2 rings (SSSR count). The molecule has 1 amide bonds. The molecule has 1 aliphatic heterocycles. The Bertz CT molecular complexity index is 255. The van der Waals surface area contributed by atoms with Crippen LogP contribution in [0, 0.1) is 11.8 Å². The standard InChI is InChI=1S/C14H26N2O/c1-2-4-13(15)8-14(17)16-9-11-5-3-6-12(7-11)10-16/h11-13H,2-10,15H2,1H3. The largest absolute Gasteiger partial charge is 0.342 e. The van der Waals surface area contributed by atoms with Crippen molar-refractivity contribution in [3.63, 3.8) is 0 Å². The molecule has 3 unspecified atom stereocenters. The first-order chi connectivity index (χ1) is 8.19. The average molecular weight is 238 g/mol. The Morgan fingerprint density at radius 1 is 1.35 bits per heavy atom. The van der Waals surface area contributed by atoms with Crippen LogP contribution in [0.15, 0.2) is 0 Å². The maximum absolute atomic E-state index is 12.2. The van der Waals surface area contributed by atoms with Crippen molar-refractivity contribution in [3.8, 4) is 0 Å². The van der Waals surface area contributed by atoms with Crippen molar-refractivity contribution in [2.45, 2.75) is 57.9 Å². The summed E-state index contributed by atoms with van der Waals surface area (Å²) in [5.74, 6) is 1.84. The van der Waals surface area contributed by atoms with Gasteiger partial charge in [-0.2, -0.15) is 0 Å². The van der Waals surface area contributed by atoms with Crippen LogP contribution in [0.1, 0.15) is 51.9 Å². The lowest BCUT2D eigenvalue weighted by Gasteiger charge is -2.41. The molecule has 2 fully saturated rings. The first-order valence-electron chi connectivity index (χ1n) is 7.22. The van der Waals surface area contributed by atoms with Crippen molar-refractivity contribution in [2.75, 3.05) is 13.1 Å². The van der Waals surface area contributed by atoms with Gasteiger partial charge in [0.1, 0.15) is 0 Å². The van der Waals surface area contributed by atoms with Crippen LogP contribution in [-0.4, -0.2) is 29.9 Å². The summed E-state index contributed by atoms with van der Waals surface area (Å²) < 4.78 is 0. The number of nitrogens with zero attached hydrogens (tertiary/aromatic N) is 1. The van der Waals surface area contributed by atoms with E-state index in [0.29, 0.717) is 12.3 Å². The van der Waals surface area contributed by atoms with Gasteiger partial charge >= 0.3 is 0 Å². The van der Waals surface area contributed by atoms with E-state index in [1.165, 1.54) is 25.7 Å². The number of piperidine rings is 1. The maximum Gasteiger partial charge on any atom is 0.224 e. The van der Waals surface area contributed by atoms with Gasteiger partial charge in [-0.1, -0.05) is 19.8 Å². The van der Waals surface area contributed by atoms with Crippen LogP contribution in [0.4, 0.5) is 0 Å². The molecule has 2 aliphatic rings.